The lowest BCUT2D eigenvalue weighted by molar-refractivity contribution is 0.0791. The summed E-state index contributed by atoms with van der Waals surface area (Å²) >= 11 is 0. The number of rotatable bonds is 3. The standard InChI is InChI=1S/C17H26N2O2/c1-12(14-11-13(20)7-8-17(14)21)19-10-3-2-6-16(19)15-5-4-9-18-15/h7-8,11-12,15-16,18,20-21H,2-6,9-10H2,1H3. The molecule has 116 valence electrons. The topological polar surface area (TPSA) is 55.7 Å². The van der Waals surface area contributed by atoms with Gasteiger partial charge in [-0.25, -0.2) is 0 Å². The predicted molar refractivity (Wildman–Crippen MR) is 83.6 cm³/mol. The first-order valence-corrected chi connectivity index (χ1v) is 8.18. The molecule has 0 aliphatic carbocycles. The third-order valence-electron chi connectivity index (χ3n) is 5.11. The van der Waals surface area contributed by atoms with E-state index in [9.17, 15) is 10.2 Å². The number of piperidine rings is 1. The van der Waals surface area contributed by atoms with E-state index in [4.69, 9.17) is 0 Å². The van der Waals surface area contributed by atoms with E-state index in [1.54, 1.807) is 12.1 Å². The van der Waals surface area contributed by atoms with Crippen LogP contribution in [0.4, 0.5) is 0 Å². The highest BCUT2D eigenvalue weighted by Crippen LogP contribution is 2.36. The Morgan fingerprint density at radius 1 is 1.19 bits per heavy atom. The molecule has 2 heterocycles. The van der Waals surface area contributed by atoms with Gasteiger partial charge in [0, 0.05) is 23.7 Å². The molecule has 0 radical (unpaired) electrons. The predicted octanol–water partition coefficient (Wildman–Crippen LogP) is 2.77. The summed E-state index contributed by atoms with van der Waals surface area (Å²) in [5.41, 5.74) is 0.833. The number of benzene rings is 1. The molecule has 1 aromatic carbocycles. The van der Waals surface area contributed by atoms with Crippen LogP contribution in [0, 0.1) is 0 Å². The average molecular weight is 290 g/mol. The van der Waals surface area contributed by atoms with E-state index in [2.05, 4.69) is 17.1 Å². The summed E-state index contributed by atoms with van der Waals surface area (Å²) in [6, 6.07) is 6.08. The van der Waals surface area contributed by atoms with Gasteiger partial charge in [0.15, 0.2) is 0 Å². The van der Waals surface area contributed by atoms with Crippen molar-refractivity contribution in [1.82, 2.24) is 10.2 Å². The van der Waals surface area contributed by atoms with Crippen molar-refractivity contribution < 1.29 is 10.2 Å². The van der Waals surface area contributed by atoms with Crippen LogP contribution in [0.25, 0.3) is 0 Å². The SMILES string of the molecule is CC(c1cc(O)ccc1O)N1CCCCC1C1CCCN1. The summed E-state index contributed by atoms with van der Waals surface area (Å²) in [6.45, 7) is 4.33. The minimum Gasteiger partial charge on any atom is -0.508 e. The van der Waals surface area contributed by atoms with Gasteiger partial charge in [0.2, 0.25) is 0 Å². The summed E-state index contributed by atoms with van der Waals surface area (Å²) in [5, 5.41) is 23.5. The molecule has 1 aromatic rings. The van der Waals surface area contributed by atoms with Crippen molar-refractivity contribution >= 4 is 0 Å². The summed E-state index contributed by atoms with van der Waals surface area (Å²) in [5.74, 6) is 0.506. The summed E-state index contributed by atoms with van der Waals surface area (Å²) in [7, 11) is 0. The molecule has 2 saturated heterocycles. The van der Waals surface area contributed by atoms with Gasteiger partial charge in [-0.2, -0.15) is 0 Å². The van der Waals surface area contributed by atoms with Crippen LogP contribution >= 0.6 is 0 Å². The maximum Gasteiger partial charge on any atom is 0.120 e. The number of nitrogens with zero attached hydrogens (tertiary/aromatic N) is 1. The zero-order valence-electron chi connectivity index (χ0n) is 12.8. The van der Waals surface area contributed by atoms with E-state index in [1.165, 1.54) is 38.2 Å². The molecule has 0 aromatic heterocycles. The first-order valence-electron chi connectivity index (χ1n) is 8.18. The van der Waals surface area contributed by atoms with E-state index >= 15 is 0 Å². The molecule has 3 N–H and O–H groups in total. The van der Waals surface area contributed by atoms with Gasteiger partial charge in [-0.05, 0) is 63.9 Å². The van der Waals surface area contributed by atoms with Crippen molar-refractivity contribution in [3.8, 4) is 11.5 Å². The Labute approximate surface area is 126 Å². The average Bonchev–Trinajstić information content (AvgIpc) is 3.03. The molecule has 4 nitrogen and oxygen atoms in total. The zero-order chi connectivity index (χ0) is 14.8. The molecule has 0 amide bonds. The highest BCUT2D eigenvalue weighted by atomic mass is 16.3. The summed E-state index contributed by atoms with van der Waals surface area (Å²) < 4.78 is 0. The molecule has 3 unspecified atom stereocenters. The van der Waals surface area contributed by atoms with Gasteiger partial charge in [-0.15, -0.1) is 0 Å². The van der Waals surface area contributed by atoms with E-state index in [-0.39, 0.29) is 17.5 Å². The van der Waals surface area contributed by atoms with Crippen LogP contribution in [-0.2, 0) is 0 Å². The van der Waals surface area contributed by atoms with E-state index in [0.29, 0.717) is 12.1 Å². The third kappa shape index (κ3) is 3.01. The van der Waals surface area contributed by atoms with Crippen LogP contribution in [0.3, 0.4) is 0 Å². The molecule has 2 aliphatic heterocycles. The van der Waals surface area contributed by atoms with Gasteiger partial charge in [-0.3, -0.25) is 4.90 Å². The molecule has 2 aliphatic rings. The lowest BCUT2D eigenvalue weighted by atomic mass is 9.91. The molecule has 0 saturated carbocycles. The Morgan fingerprint density at radius 3 is 2.81 bits per heavy atom. The second kappa shape index (κ2) is 6.24. The molecular weight excluding hydrogens is 264 g/mol. The van der Waals surface area contributed by atoms with Crippen LogP contribution in [0.5, 0.6) is 11.5 Å². The molecule has 0 spiro atoms. The monoisotopic (exact) mass is 290 g/mol. The van der Waals surface area contributed by atoms with Crippen molar-refractivity contribution in [2.75, 3.05) is 13.1 Å². The van der Waals surface area contributed by atoms with Crippen molar-refractivity contribution in [2.24, 2.45) is 0 Å². The number of phenols is 2. The Kier molecular flexibility index (Phi) is 4.36. The van der Waals surface area contributed by atoms with E-state index in [0.717, 1.165) is 18.7 Å². The van der Waals surface area contributed by atoms with Gasteiger partial charge < -0.3 is 15.5 Å². The van der Waals surface area contributed by atoms with Gasteiger partial charge in [-0.1, -0.05) is 6.42 Å². The normalized spacial score (nSPS) is 28.6. The first kappa shape index (κ1) is 14.7. The first-order chi connectivity index (χ1) is 10.2. The Bertz CT molecular complexity index is 486. The smallest absolute Gasteiger partial charge is 0.120 e. The summed E-state index contributed by atoms with van der Waals surface area (Å²) in [4.78, 5) is 2.51. The lowest BCUT2D eigenvalue weighted by Crippen LogP contribution is -2.50. The Balaban J connectivity index is 1.83. The van der Waals surface area contributed by atoms with Crippen LogP contribution in [0.1, 0.15) is 50.6 Å². The number of hydrogen-bond acceptors (Lipinski definition) is 4. The largest absolute Gasteiger partial charge is 0.508 e. The second-order valence-electron chi connectivity index (χ2n) is 6.42. The van der Waals surface area contributed by atoms with Crippen molar-refractivity contribution in [2.45, 2.75) is 57.2 Å². The molecular formula is C17H26N2O2. The van der Waals surface area contributed by atoms with Gasteiger partial charge in [0.25, 0.3) is 0 Å². The fraction of sp³-hybridized carbons (Fsp3) is 0.647. The fourth-order valence-electron chi connectivity index (χ4n) is 3.99. The van der Waals surface area contributed by atoms with Gasteiger partial charge in [0.05, 0.1) is 0 Å². The third-order valence-corrected chi connectivity index (χ3v) is 5.11. The minimum atomic E-state index is 0.129. The summed E-state index contributed by atoms with van der Waals surface area (Å²) in [6.07, 6.45) is 6.24. The maximum absolute atomic E-state index is 10.1. The van der Waals surface area contributed by atoms with Crippen molar-refractivity contribution in [1.29, 1.82) is 0 Å². The van der Waals surface area contributed by atoms with Gasteiger partial charge in [0.1, 0.15) is 11.5 Å². The Hall–Kier alpha value is -1.26. The number of hydrogen-bond donors (Lipinski definition) is 3. The van der Waals surface area contributed by atoms with Crippen molar-refractivity contribution in [3.05, 3.63) is 23.8 Å². The second-order valence-corrected chi connectivity index (χ2v) is 6.42. The number of aromatic hydroxyl groups is 2. The minimum absolute atomic E-state index is 0.129. The van der Waals surface area contributed by atoms with Crippen LogP contribution in [0.2, 0.25) is 0 Å². The van der Waals surface area contributed by atoms with E-state index in [1.807, 2.05) is 0 Å². The quantitative estimate of drug-likeness (QED) is 0.749. The highest BCUT2D eigenvalue weighted by Gasteiger charge is 2.34. The molecule has 21 heavy (non-hydrogen) atoms. The molecule has 0 bridgehead atoms. The number of phenolic OH excluding ortho intramolecular Hbond substituents is 2. The number of nitrogens with one attached hydrogen (secondary N) is 1. The number of likely N-dealkylation sites (tertiary alicyclic amines) is 1. The maximum atomic E-state index is 10.1. The van der Waals surface area contributed by atoms with Crippen LogP contribution in [-0.4, -0.2) is 40.3 Å². The van der Waals surface area contributed by atoms with Crippen LogP contribution < -0.4 is 5.32 Å². The van der Waals surface area contributed by atoms with Gasteiger partial charge >= 0.3 is 0 Å². The van der Waals surface area contributed by atoms with Crippen molar-refractivity contribution in [3.63, 3.8) is 0 Å². The Morgan fingerprint density at radius 2 is 2.05 bits per heavy atom. The fourth-order valence-corrected chi connectivity index (χ4v) is 3.99. The molecule has 3 rings (SSSR count). The molecule has 3 atom stereocenters. The van der Waals surface area contributed by atoms with E-state index < -0.39 is 0 Å². The lowest BCUT2D eigenvalue weighted by Gasteiger charge is -2.43. The highest BCUT2D eigenvalue weighted by molar-refractivity contribution is 5.40. The van der Waals surface area contributed by atoms with Crippen LogP contribution in [0.15, 0.2) is 18.2 Å². The molecule has 2 fully saturated rings. The zero-order valence-corrected chi connectivity index (χ0v) is 12.8. The molecule has 4 heteroatoms.